The lowest BCUT2D eigenvalue weighted by Gasteiger charge is -2.13. The summed E-state index contributed by atoms with van der Waals surface area (Å²) in [7, 11) is 0. The number of carbonyl (C=O) groups is 2. The zero-order chi connectivity index (χ0) is 16.2. The van der Waals surface area contributed by atoms with Crippen LogP contribution in [0, 0.1) is 0 Å². The second-order valence-electron chi connectivity index (χ2n) is 5.19. The Morgan fingerprint density at radius 1 is 1.00 bits per heavy atom. The fraction of sp³-hybridized carbons (Fsp3) is 0.0526. The average molecular weight is 305 g/mol. The molecule has 0 bridgehead atoms. The predicted molar refractivity (Wildman–Crippen MR) is 87.5 cm³/mol. The Balaban J connectivity index is 1.90. The quantitative estimate of drug-likeness (QED) is 0.853. The summed E-state index contributed by atoms with van der Waals surface area (Å²) in [5, 5.41) is 12.6. The van der Waals surface area contributed by atoms with Crippen LogP contribution in [0.15, 0.2) is 78.1 Å². The van der Waals surface area contributed by atoms with Crippen molar-refractivity contribution in [3.8, 4) is 0 Å². The normalized spacial score (nSPS) is 17.6. The average Bonchev–Trinajstić information content (AvgIpc) is 2.90. The van der Waals surface area contributed by atoms with E-state index in [-0.39, 0.29) is 5.57 Å². The smallest absolute Gasteiger partial charge is 0.287 e. The molecule has 4 nitrogen and oxygen atoms in total. The molecule has 0 aromatic heterocycles. The van der Waals surface area contributed by atoms with Gasteiger partial charge in [-0.1, -0.05) is 66.7 Å². The summed E-state index contributed by atoms with van der Waals surface area (Å²) in [4.78, 5) is 24.2. The van der Waals surface area contributed by atoms with Gasteiger partial charge in [0, 0.05) is 0 Å². The molecule has 1 aliphatic heterocycles. The van der Waals surface area contributed by atoms with Crippen molar-refractivity contribution >= 4 is 17.8 Å². The van der Waals surface area contributed by atoms with Gasteiger partial charge in [0.25, 0.3) is 5.91 Å². The molecule has 3 rings (SSSR count). The van der Waals surface area contributed by atoms with Crippen LogP contribution < -0.4 is 5.32 Å². The molecule has 114 valence electrons. The first-order valence-corrected chi connectivity index (χ1v) is 7.23. The van der Waals surface area contributed by atoms with Crippen LogP contribution in [0.25, 0.3) is 6.08 Å². The minimum Gasteiger partial charge on any atom is -0.503 e. The molecule has 1 amide bonds. The maximum Gasteiger partial charge on any atom is 0.287 e. The largest absolute Gasteiger partial charge is 0.503 e. The van der Waals surface area contributed by atoms with Crippen LogP contribution in [0.5, 0.6) is 0 Å². The Morgan fingerprint density at radius 3 is 2.26 bits per heavy atom. The molecule has 2 aromatic rings. The van der Waals surface area contributed by atoms with E-state index in [2.05, 4.69) is 5.32 Å². The molecule has 23 heavy (non-hydrogen) atoms. The first-order valence-electron chi connectivity index (χ1n) is 7.23. The summed E-state index contributed by atoms with van der Waals surface area (Å²) in [5.74, 6) is -1.53. The van der Waals surface area contributed by atoms with Crippen molar-refractivity contribution in [3.63, 3.8) is 0 Å². The third kappa shape index (κ3) is 3.06. The minimum atomic E-state index is -0.629. The molecule has 1 atom stereocenters. The van der Waals surface area contributed by atoms with E-state index in [1.165, 1.54) is 6.08 Å². The first kappa shape index (κ1) is 14.8. The SMILES string of the molecule is O=C(/C=C/c1ccccc1)C1=C(O)C(=O)N[C@H]1c1ccccc1. The number of rotatable bonds is 4. The van der Waals surface area contributed by atoms with Crippen LogP contribution in [0.1, 0.15) is 17.2 Å². The van der Waals surface area contributed by atoms with E-state index < -0.39 is 23.5 Å². The van der Waals surface area contributed by atoms with Gasteiger partial charge >= 0.3 is 0 Å². The summed E-state index contributed by atoms with van der Waals surface area (Å²) in [5.41, 5.74) is 1.70. The zero-order valence-corrected chi connectivity index (χ0v) is 12.3. The van der Waals surface area contributed by atoms with E-state index in [0.29, 0.717) is 0 Å². The molecular weight excluding hydrogens is 290 g/mol. The number of aliphatic hydroxyl groups is 1. The van der Waals surface area contributed by atoms with Gasteiger partial charge in [0.15, 0.2) is 11.5 Å². The van der Waals surface area contributed by atoms with Gasteiger partial charge in [-0.25, -0.2) is 0 Å². The van der Waals surface area contributed by atoms with Gasteiger partial charge in [-0.15, -0.1) is 0 Å². The van der Waals surface area contributed by atoms with Crippen LogP contribution in [-0.2, 0) is 9.59 Å². The highest BCUT2D eigenvalue weighted by atomic mass is 16.3. The minimum absolute atomic E-state index is 0.0772. The number of nitrogens with one attached hydrogen (secondary N) is 1. The van der Waals surface area contributed by atoms with Crippen LogP contribution in [0.3, 0.4) is 0 Å². The molecule has 0 spiro atoms. The Morgan fingerprint density at radius 2 is 1.61 bits per heavy atom. The second-order valence-corrected chi connectivity index (χ2v) is 5.19. The van der Waals surface area contributed by atoms with Gasteiger partial charge < -0.3 is 10.4 Å². The van der Waals surface area contributed by atoms with Crippen LogP contribution in [0.4, 0.5) is 0 Å². The van der Waals surface area contributed by atoms with Crippen LogP contribution >= 0.6 is 0 Å². The number of aliphatic hydroxyl groups excluding tert-OH is 1. The van der Waals surface area contributed by atoms with Gasteiger partial charge in [0.05, 0.1) is 11.6 Å². The van der Waals surface area contributed by atoms with E-state index in [1.807, 2.05) is 48.5 Å². The number of hydrogen-bond acceptors (Lipinski definition) is 3. The van der Waals surface area contributed by atoms with E-state index in [0.717, 1.165) is 11.1 Å². The summed E-state index contributed by atoms with van der Waals surface area (Å²) < 4.78 is 0. The number of ketones is 1. The number of allylic oxidation sites excluding steroid dienone is 1. The molecule has 4 heteroatoms. The molecule has 1 aliphatic rings. The third-order valence-corrected chi connectivity index (χ3v) is 3.66. The lowest BCUT2D eigenvalue weighted by atomic mass is 9.96. The second kappa shape index (κ2) is 6.32. The monoisotopic (exact) mass is 305 g/mol. The topological polar surface area (TPSA) is 66.4 Å². The Labute approximate surface area is 133 Å². The highest BCUT2D eigenvalue weighted by Gasteiger charge is 2.35. The van der Waals surface area contributed by atoms with Gasteiger partial charge in [-0.3, -0.25) is 9.59 Å². The number of amides is 1. The number of benzene rings is 2. The molecule has 0 saturated carbocycles. The van der Waals surface area contributed by atoms with Crippen molar-refractivity contribution in [2.45, 2.75) is 6.04 Å². The van der Waals surface area contributed by atoms with Gasteiger partial charge in [-0.2, -0.15) is 0 Å². The van der Waals surface area contributed by atoms with Crippen molar-refractivity contribution in [2.75, 3.05) is 0 Å². The molecule has 0 unspecified atom stereocenters. The Hall–Kier alpha value is -3.14. The fourth-order valence-corrected chi connectivity index (χ4v) is 2.51. The molecular formula is C19H15NO3. The van der Waals surface area contributed by atoms with E-state index >= 15 is 0 Å². The maximum atomic E-state index is 12.5. The number of hydrogen-bond donors (Lipinski definition) is 2. The zero-order valence-electron chi connectivity index (χ0n) is 12.3. The molecule has 0 radical (unpaired) electrons. The van der Waals surface area contributed by atoms with Crippen molar-refractivity contribution in [2.24, 2.45) is 0 Å². The highest BCUT2D eigenvalue weighted by Crippen LogP contribution is 2.30. The van der Waals surface area contributed by atoms with Gasteiger partial charge in [-0.05, 0) is 17.2 Å². The summed E-state index contributed by atoms with van der Waals surface area (Å²) >= 11 is 0. The predicted octanol–water partition coefficient (Wildman–Crippen LogP) is 2.95. The van der Waals surface area contributed by atoms with Crippen molar-refractivity contribution in [3.05, 3.63) is 89.2 Å². The Kier molecular flexibility index (Phi) is 4.06. The van der Waals surface area contributed by atoms with E-state index in [9.17, 15) is 14.7 Å². The summed E-state index contributed by atoms with van der Waals surface area (Å²) in [6.45, 7) is 0. The molecule has 0 aliphatic carbocycles. The third-order valence-electron chi connectivity index (χ3n) is 3.66. The van der Waals surface area contributed by atoms with E-state index in [4.69, 9.17) is 0 Å². The van der Waals surface area contributed by atoms with Crippen LogP contribution in [-0.4, -0.2) is 16.8 Å². The van der Waals surface area contributed by atoms with Crippen molar-refractivity contribution in [1.29, 1.82) is 0 Å². The van der Waals surface area contributed by atoms with E-state index in [1.54, 1.807) is 18.2 Å². The van der Waals surface area contributed by atoms with Gasteiger partial charge in [0.2, 0.25) is 0 Å². The highest BCUT2D eigenvalue weighted by molar-refractivity contribution is 6.14. The standard InChI is InChI=1S/C19H15NO3/c21-15(12-11-13-7-3-1-4-8-13)16-17(20-19(23)18(16)22)14-9-5-2-6-10-14/h1-12,17,22H,(H,20,23)/b12-11+/t17-/m0/s1. The lowest BCUT2D eigenvalue weighted by Crippen LogP contribution is -2.23. The number of carbonyl (C=O) groups excluding carboxylic acids is 2. The van der Waals surface area contributed by atoms with Crippen molar-refractivity contribution in [1.82, 2.24) is 5.32 Å². The molecule has 0 saturated heterocycles. The maximum absolute atomic E-state index is 12.5. The lowest BCUT2D eigenvalue weighted by molar-refractivity contribution is -0.119. The summed E-state index contributed by atoms with van der Waals surface area (Å²) in [6.07, 6.45) is 3.03. The molecule has 2 aromatic carbocycles. The molecule has 0 fully saturated rings. The van der Waals surface area contributed by atoms with Crippen LogP contribution in [0.2, 0.25) is 0 Å². The Bertz CT molecular complexity index is 792. The van der Waals surface area contributed by atoms with Crippen molar-refractivity contribution < 1.29 is 14.7 Å². The van der Waals surface area contributed by atoms with Gasteiger partial charge in [0.1, 0.15) is 0 Å². The summed E-state index contributed by atoms with van der Waals surface area (Å²) in [6, 6.07) is 17.8. The molecule has 2 N–H and O–H groups in total. The fourth-order valence-electron chi connectivity index (χ4n) is 2.51. The molecule has 1 heterocycles. The first-order chi connectivity index (χ1) is 11.2.